The first kappa shape index (κ1) is 18.1. The van der Waals surface area contributed by atoms with Gasteiger partial charge >= 0.3 is 8.80 Å². The lowest BCUT2D eigenvalue weighted by Gasteiger charge is -2.28. The molecule has 110 valence electrons. The third-order valence-electron chi connectivity index (χ3n) is 2.67. The van der Waals surface area contributed by atoms with Crippen molar-refractivity contribution >= 4 is 8.80 Å². The first-order valence-corrected chi connectivity index (χ1v) is 9.08. The Labute approximate surface area is 113 Å². The van der Waals surface area contributed by atoms with E-state index in [2.05, 4.69) is 0 Å². The molecule has 0 N–H and O–H groups in total. The molecule has 5 heteroatoms. The van der Waals surface area contributed by atoms with E-state index >= 15 is 0 Å². The Hall–Kier alpha value is 0.0569. The minimum absolute atomic E-state index is 0.663. The van der Waals surface area contributed by atoms with Crippen molar-refractivity contribution in [3.8, 4) is 0 Å². The van der Waals surface area contributed by atoms with Gasteiger partial charge in [-0.2, -0.15) is 0 Å². The largest absolute Gasteiger partial charge is 0.500 e. The van der Waals surface area contributed by atoms with E-state index < -0.39 is 8.80 Å². The SMILES string of the molecule is CCO[Si](CCCCCCOC)(OCC)OCC. The van der Waals surface area contributed by atoms with E-state index in [1.807, 2.05) is 20.8 Å². The standard InChI is InChI=1S/C13H30O4Si/c1-5-15-18(16-6-2,17-7-3)13-11-9-8-10-12-14-4/h5-13H2,1-4H3. The molecule has 4 nitrogen and oxygen atoms in total. The van der Waals surface area contributed by atoms with Crippen LogP contribution in [0.4, 0.5) is 0 Å². The van der Waals surface area contributed by atoms with Gasteiger partial charge in [0.15, 0.2) is 0 Å². The van der Waals surface area contributed by atoms with Gasteiger partial charge in [0.1, 0.15) is 0 Å². The minimum atomic E-state index is -2.40. The summed E-state index contributed by atoms with van der Waals surface area (Å²) < 4.78 is 22.5. The second kappa shape index (κ2) is 12.1. The van der Waals surface area contributed by atoms with E-state index in [4.69, 9.17) is 18.0 Å². The molecule has 0 rings (SSSR count). The Morgan fingerprint density at radius 2 is 1.22 bits per heavy atom. The van der Waals surface area contributed by atoms with Crippen LogP contribution >= 0.6 is 0 Å². The Bertz CT molecular complexity index is 161. The van der Waals surface area contributed by atoms with Crippen LogP contribution < -0.4 is 0 Å². The van der Waals surface area contributed by atoms with Gasteiger partial charge in [0.2, 0.25) is 0 Å². The van der Waals surface area contributed by atoms with Gasteiger partial charge < -0.3 is 18.0 Å². The van der Waals surface area contributed by atoms with Crippen LogP contribution in [0.5, 0.6) is 0 Å². The first-order chi connectivity index (χ1) is 8.74. The summed E-state index contributed by atoms with van der Waals surface area (Å²) in [5.74, 6) is 0. The van der Waals surface area contributed by atoms with Crippen molar-refractivity contribution in [1.82, 2.24) is 0 Å². The van der Waals surface area contributed by atoms with Crippen molar-refractivity contribution in [2.24, 2.45) is 0 Å². The zero-order valence-corrected chi connectivity index (χ0v) is 13.5. The Balaban J connectivity index is 3.97. The van der Waals surface area contributed by atoms with Crippen molar-refractivity contribution in [2.45, 2.75) is 52.5 Å². The van der Waals surface area contributed by atoms with E-state index in [1.165, 1.54) is 12.8 Å². The number of unbranched alkanes of at least 4 members (excludes halogenated alkanes) is 3. The molecule has 0 heterocycles. The molecule has 0 aliphatic rings. The van der Waals surface area contributed by atoms with Crippen LogP contribution in [0.2, 0.25) is 6.04 Å². The molecule has 0 aliphatic carbocycles. The van der Waals surface area contributed by atoms with Gasteiger partial charge in [-0.3, -0.25) is 0 Å². The summed E-state index contributed by atoms with van der Waals surface area (Å²) in [6.07, 6.45) is 4.62. The fourth-order valence-corrected chi connectivity index (χ4v) is 4.63. The highest BCUT2D eigenvalue weighted by molar-refractivity contribution is 6.60. The van der Waals surface area contributed by atoms with Crippen LogP contribution in [0, 0.1) is 0 Å². The van der Waals surface area contributed by atoms with Gasteiger partial charge in [-0.15, -0.1) is 0 Å². The summed E-state index contributed by atoms with van der Waals surface area (Å²) in [7, 11) is -0.648. The maximum atomic E-state index is 5.81. The molecule has 18 heavy (non-hydrogen) atoms. The lowest BCUT2D eigenvalue weighted by Crippen LogP contribution is -2.45. The van der Waals surface area contributed by atoms with Crippen molar-refractivity contribution in [3.05, 3.63) is 0 Å². The summed E-state index contributed by atoms with van der Waals surface area (Å²) in [6, 6.07) is 0.926. The molecular formula is C13H30O4Si. The highest BCUT2D eigenvalue weighted by Gasteiger charge is 2.39. The second-order valence-electron chi connectivity index (χ2n) is 4.14. The van der Waals surface area contributed by atoms with E-state index in [-0.39, 0.29) is 0 Å². The van der Waals surface area contributed by atoms with E-state index in [0.717, 1.165) is 25.5 Å². The topological polar surface area (TPSA) is 36.9 Å². The van der Waals surface area contributed by atoms with Crippen LogP contribution in [0.15, 0.2) is 0 Å². The molecule has 0 saturated carbocycles. The van der Waals surface area contributed by atoms with Crippen LogP contribution in [0.3, 0.4) is 0 Å². The third-order valence-corrected chi connectivity index (χ3v) is 5.83. The van der Waals surface area contributed by atoms with Crippen molar-refractivity contribution in [1.29, 1.82) is 0 Å². The molecule has 0 aromatic carbocycles. The van der Waals surface area contributed by atoms with Gasteiger partial charge in [0.25, 0.3) is 0 Å². The normalized spacial score (nSPS) is 12.0. The molecule has 0 aromatic rings. The van der Waals surface area contributed by atoms with Crippen molar-refractivity contribution in [3.63, 3.8) is 0 Å². The van der Waals surface area contributed by atoms with Crippen LogP contribution in [-0.4, -0.2) is 42.3 Å². The quantitative estimate of drug-likeness (QED) is 0.383. The molecule has 0 amide bonds. The summed E-state index contributed by atoms with van der Waals surface area (Å²) in [4.78, 5) is 0. The summed E-state index contributed by atoms with van der Waals surface area (Å²) in [5, 5.41) is 0. The Morgan fingerprint density at radius 3 is 1.67 bits per heavy atom. The zero-order chi connectivity index (χ0) is 13.7. The van der Waals surface area contributed by atoms with E-state index in [1.54, 1.807) is 7.11 Å². The summed E-state index contributed by atoms with van der Waals surface area (Å²) >= 11 is 0. The first-order valence-electron chi connectivity index (χ1n) is 7.15. The van der Waals surface area contributed by atoms with Gasteiger partial charge in [0.05, 0.1) is 0 Å². The molecule has 0 unspecified atom stereocenters. The molecule has 0 aromatic heterocycles. The smallest absolute Gasteiger partial charge is 0.385 e. The predicted molar refractivity (Wildman–Crippen MR) is 75.8 cm³/mol. The number of ether oxygens (including phenoxy) is 1. The van der Waals surface area contributed by atoms with Crippen LogP contribution in [0.25, 0.3) is 0 Å². The predicted octanol–water partition coefficient (Wildman–Crippen LogP) is 3.24. The minimum Gasteiger partial charge on any atom is -0.385 e. The van der Waals surface area contributed by atoms with Gasteiger partial charge in [-0.1, -0.05) is 12.8 Å². The highest BCUT2D eigenvalue weighted by atomic mass is 28.4. The molecule has 0 saturated heterocycles. The second-order valence-corrected chi connectivity index (χ2v) is 6.87. The molecule has 0 atom stereocenters. The molecule has 0 aliphatic heterocycles. The van der Waals surface area contributed by atoms with Gasteiger partial charge in [-0.25, -0.2) is 0 Å². The number of rotatable bonds is 13. The summed E-state index contributed by atoms with van der Waals surface area (Å²) in [5.41, 5.74) is 0. The van der Waals surface area contributed by atoms with Gasteiger partial charge in [-0.05, 0) is 33.6 Å². The van der Waals surface area contributed by atoms with Crippen molar-refractivity contribution in [2.75, 3.05) is 33.5 Å². The van der Waals surface area contributed by atoms with E-state index in [0.29, 0.717) is 19.8 Å². The Morgan fingerprint density at radius 1 is 0.722 bits per heavy atom. The molecule has 0 spiro atoms. The fraction of sp³-hybridized carbons (Fsp3) is 1.00. The lowest BCUT2D eigenvalue weighted by molar-refractivity contribution is 0.0706. The van der Waals surface area contributed by atoms with Crippen LogP contribution in [0.1, 0.15) is 46.5 Å². The molecule has 0 radical (unpaired) electrons. The maximum absolute atomic E-state index is 5.81. The number of methoxy groups -OCH3 is 1. The average Bonchev–Trinajstić information content (AvgIpc) is 2.35. The fourth-order valence-electron chi connectivity index (χ4n) is 1.94. The monoisotopic (exact) mass is 278 g/mol. The van der Waals surface area contributed by atoms with Crippen LogP contribution in [-0.2, 0) is 18.0 Å². The maximum Gasteiger partial charge on any atom is 0.500 e. The third kappa shape index (κ3) is 8.21. The zero-order valence-electron chi connectivity index (χ0n) is 12.5. The highest BCUT2D eigenvalue weighted by Crippen LogP contribution is 2.20. The van der Waals surface area contributed by atoms with E-state index in [9.17, 15) is 0 Å². The summed E-state index contributed by atoms with van der Waals surface area (Å²) in [6.45, 7) is 8.84. The molecule has 0 bridgehead atoms. The number of hydrogen-bond acceptors (Lipinski definition) is 4. The van der Waals surface area contributed by atoms with Crippen molar-refractivity contribution < 1.29 is 18.0 Å². The lowest BCUT2D eigenvalue weighted by atomic mass is 10.2. The Kier molecular flexibility index (Phi) is 12.1. The number of hydrogen-bond donors (Lipinski definition) is 0. The average molecular weight is 278 g/mol. The molecule has 0 fully saturated rings. The molecular weight excluding hydrogens is 248 g/mol. The van der Waals surface area contributed by atoms with Gasteiger partial charge in [0, 0.05) is 39.6 Å².